The molecule has 38 heavy (non-hydrogen) atoms. The Bertz CT molecular complexity index is 1160. The number of primary amides is 1. The lowest BCUT2D eigenvalue weighted by Gasteiger charge is -2.47. The van der Waals surface area contributed by atoms with Crippen molar-refractivity contribution in [3.05, 3.63) is 53.2 Å². The highest BCUT2D eigenvalue weighted by molar-refractivity contribution is 5.96. The molecule has 1 aliphatic carbocycles. The van der Waals surface area contributed by atoms with Gasteiger partial charge in [-0.2, -0.15) is 13.2 Å². The number of piperazine rings is 1. The molecule has 1 aromatic heterocycles. The number of pyridine rings is 1. The molecule has 206 valence electrons. The minimum Gasteiger partial charge on any atom is -0.477 e. The number of nitrogens with two attached hydrogens (primary N) is 1. The first-order valence-corrected chi connectivity index (χ1v) is 12.8. The van der Waals surface area contributed by atoms with Crippen molar-refractivity contribution in [2.24, 2.45) is 11.1 Å². The van der Waals surface area contributed by atoms with Crippen LogP contribution in [0.4, 0.5) is 18.9 Å². The van der Waals surface area contributed by atoms with Gasteiger partial charge in [-0.25, -0.2) is 4.98 Å². The molecule has 4 rings (SSSR count). The predicted octanol–water partition coefficient (Wildman–Crippen LogP) is 3.71. The summed E-state index contributed by atoms with van der Waals surface area (Å²) in [6.07, 6.45) is -0.114. The van der Waals surface area contributed by atoms with Gasteiger partial charge >= 0.3 is 6.18 Å². The van der Waals surface area contributed by atoms with Gasteiger partial charge in [0, 0.05) is 49.7 Å². The van der Waals surface area contributed by atoms with Crippen LogP contribution in [-0.4, -0.2) is 67.6 Å². The van der Waals surface area contributed by atoms with Crippen molar-refractivity contribution in [2.75, 3.05) is 44.7 Å². The lowest BCUT2D eigenvalue weighted by atomic mass is 9.62. The summed E-state index contributed by atoms with van der Waals surface area (Å²) < 4.78 is 46.6. The van der Waals surface area contributed by atoms with E-state index >= 15 is 0 Å². The van der Waals surface area contributed by atoms with Crippen LogP contribution in [0.3, 0.4) is 0 Å². The highest BCUT2D eigenvalue weighted by atomic mass is 19.4. The second-order valence-electron chi connectivity index (χ2n) is 10.3. The molecule has 2 heterocycles. The van der Waals surface area contributed by atoms with Crippen LogP contribution in [0.15, 0.2) is 36.5 Å². The number of anilines is 1. The minimum atomic E-state index is -4.55. The largest absolute Gasteiger partial charge is 0.477 e. The van der Waals surface area contributed by atoms with Crippen LogP contribution < -0.4 is 20.7 Å². The number of carbonyl (C=O) groups excluding carboxylic acids is 2. The summed E-state index contributed by atoms with van der Waals surface area (Å²) in [5.74, 6) is -0.928. The van der Waals surface area contributed by atoms with E-state index in [0.717, 1.165) is 31.6 Å². The predicted molar refractivity (Wildman–Crippen MR) is 137 cm³/mol. The Morgan fingerprint density at radius 2 is 1.89 bits per heavy atom. The maximum atomic E-state index is 13.6. The van der Waals surface area contributed by atoms with Gasteiger partial charge in [-0.3, -0.25) is 9.59 Å². The Labute approximate surface area is 220 Å². The van der Waals surface area contributed by atoms with Crippen molar-refractivity contribution in [1.29, 1.82) is 0 Å². The number of aromatic nitrogens is 1. The van der Waals surface area contributed by atoms with Gasteiger partial charge in [-0.1, -0.05) is 13.3 Å². The highest BCUT2D eigenvalue weighted by Gasteiger charge is 2.43. The fourth-order valence-corrected chi connectivity index (χ4v) is 5.24. The number of benzene rings is 1. The maximum absolute atomic E-state index is 13.6. The number of likely N-dealkylation sites (N-methyl/N-ethyl adjacent to an activating group) is 1. The number of nitrogens with one attached hydrogen (secondary N) is 1. The number of halogens is 3. The van der Waals surface area contributed by atoms with E-state index in [4.69, 9.17) is 10.5 Å². The van der Waals surface area contributed by atoms with Crippen molar-refractivity contribution in [2.45, 2.75) is 44.8 Å². The first-order valence-electron chi connectivity index (χ1n) is 12.8. The summed E-state index contributed by atoms with van der Waals surface area (Å²) in [4.78, 5) is 32.7. The molecule has 0 spiro atoms. The summed E-state index contributed by atoms with van der Waals surface area (Å²) in [5, 5.41) is 2.92. The lowest BCUT2D eigenvalue weighted by Crippen LogP contribution is -2.51. The average molecular weight is 534 g/mol. The summed E-state index contributed by atoms with van der Waals surface area (Å²) >= 11 is 0. The molecule has 0 unspecified atom stereocenters. The lowest BCUT2D eigenvalue weighted by molar-refractivity contribution is -0.137. The van der Waals surface area contributed by atoms with Crippen LogP contribution >= 0.6 is 0 Å². The van der Waals surface area contributed by atoms with Crippen LogP contribution in [0.2, 0.25) is 0 Å². The minimum absolute atomic E-state index is 0.0141. The Balaban J connectivity index is 1.37. The normalized spacial score (nSPS) is 22.0. The summed E-state index contributed by atoms with van der Waals surface area (Å²) in [5.41, 5.74) is 5.12. The summed E-state index contributed by atoms with van der Waals surface area (Å²) in [6.45, 7) is 5.07. The molecule has 3 N–H and O–H groups in total. The van der Waals surface area contributed by atoms with Crippen LogP contribution in [0.1, 0.15) is 58.9 Å². The molecular formula is C27H34F3N5O3. The van der Waals surface area contributed by atoms with Crippen LogP contribution in [0, 0.1) is 5.41 Å². The van der Waals surface area contributed by atoms with E-state index in [1.807, 2.05) is 11.9 Å². The molecule has 1 aliphatic heterocycles. The van der Waals surface area contributed by atoms with Crippen molar-refractivity contribution < 1.29 is 27.5 Å². The van der Waals surface area contributed by atoms with E-state index in [1.54, 1.807) is 18.2 Å². The van der Waals surface area contributed by atoms with Gasteiger partial charge in [0.25, 0.3) is 11.8 Å². The first-order chi connectivity index (χ1) is 18.0. The quantitative estimate of drug-likeness (QED) is 0.510. The molecule has 1 aromatic carbocycles. The zero-order valence-corrected chi connectivity index (χ0v) is 21.7. The molecular weight excluding hydrogens is 499 g/mol. The third-order valence-corrected chi connectivity index (χ3v) is 7.73. The molecule has 8 nitrogen and oxygen atoms in total. The van der Waals surface area contributed by atoms with Crippen LogP contribution in [0.5, 0.6) is 5.88 Å². The Kier molecular flexibility index (Phi) is 8.15. The van der Waals surface area contributed by atoms with Gasteiger partial charge in [-0.15, -0.1) is 0 Å². The van der Waals surface area contributed by atoms with Crippen molar-refractivity contribution in [1.82, 2.24) is 15.2 Å². The summed E-state index contributed by atoms with van der Waals surface area (Å²) in [7, 11) is 1.97. The molecule has 11 heteroatoms. The molecule has 2 aromatic rings. The monoisotopic (exact) mass is 533 g/mol. The Morgan fingerprint density at radius 1 is 1.18 bits per heavy atom. The Morgan fingerprint density at radius 3 is 2.53 bits per heavy atom. The van der Waals surface area contributed by atoms with Crippen molar-refractivity contribution >= 4 is 17.5 Å². The molecule has 2 aliphatic rings. The fourth-order valence-electron chi connectivity index (χ4n) is 5.24. The van der Waals surface area contributed by atoms with Gasteiger partial charge < -0.3 is 25.6 Å². The van der Waals surface area contributed by atoms with Gasteiger partial charge in [0.15, 0.2) is 0 Å². The number of rotatable bonds is 9. The SMILES string of the molecule is CC[C@]1(CCOc2ncccc2C(N)=O)C[C@H](NC(=O)c2cc(N3CCN(C)CC3)cc(C(F)(F)F)c2)C1. The first kappa shape index (κ1) is 27.7. The number of ether oxygens (including phenoxy) is 1. The molecule has 2 amide bonds. The van der Waals surface area contributed by atoms with Gasteiger partial charge in [0.2, 0.25) is 5.88 Å². The van der Waals surface area contributed by atoms with E-state index in [1.165, 1.54) is 6.20 Å². The van der Waals surface area contributed by atoms with Gasteiger partial charge in [0.1, 0.15) is 5.56 Å². The number of hydrogen-bond donors (Lipinski definition) is 2. The summed E-state index contributed by atoms with van der Waals surface area (Å²) in [6, 6.07) is 6.63. The van der Waals surface area contributed by atoms with E-state index in [-0.39, 0.29) is 28.5 Å². The molecule has 1 saturated carbocycles. The number of hydrogen-bond acceptors (Lipinski definition) is 6. The second-order valence-corrected chi connectivity index (χ2v) is 10.3. The fraction of sp³-hybridized carbons (Fsp3) is 0.519. The van der Waals surface area contributed by atoms with E-state index in [9.17, 15) is 22.8 Å². The maximum Gasteiger partial charge on any atom is 0.416 e. The molecule has 1 saturated heterocycles. The third-order valence-electron chi connectivity index (χ3n) is 7.73. The topological polar surface area (TPSA) is 101 Å². The van der Waals surface area contributed by atoms with Crippen LogP contribution in [-0.2, 0) is 6.18 Å². The molecule has 0 atom stereocenters. The van der Waals surface area contributed by atoms with E-state index < -0.39 is 23.6 Å². The number of alkyl halides is 3. The number of nitrogens with zero attached hydrogens (tertiary/aromatic N) is 3. The number of carbonyl (C=O) groups is 2. The Hall–Kier alpha value is -3.34. The van der Waals surface area contributed by atoms with Crippen molar-refractivity contribution in [3.63, 3.8) is 0 Å². The zero-order valence-electron chi connectivity index (χ0n) is 21.7. The van der Waals surface area contributed by atoms with E-state index in [0.29, 0.717) is 44.6 Å². The van der Waals surface area contributed by atoms with E-state index in [2.05, 4.69) is 22.1 Å². The van der Waals surface area contributed by atoms with Gasteiger partial charge in [0.05, 0.1) is 12.2 Å². The van der Waals surface area contributed by atoms with Crippen molar-refractivity contribution in [3.8, 4) is 5.88 Å². The highest BCUT2D eigenvalue weighted by Crippen LogP contribution is 2.47. The molecule has 0 radical (unpaired) electrons. The molecule has 0 bridgehead atoms. The molecule has 2 fully saturated rings. The average Bonchev–Trinajstić information content (AvgIpc) is 2.86. The van der Waals surface area contributed by atoms with Crippen LogP contribution in [0.25, 0.3) is 0 Å². The third kappa shape index (κ3) is 6.38. The number of amides is 2. The zero-order chi connectivity index (χ0) is 27.5. The standard InChI is InChI=1S/C27H34F3N5O3/c1-3-26(6-12-38-25-22(23(31)36)5-4-7-32-25)16-20(17-26)33-24(37)18-13-19(27(28,29)30)15-21(14-18)35-10-8-34(2)9-11-35/h4-5,7,13-15,20H,3,6,8-12,16-17H2,1-2H3,(H2,31,36)(H,33,37)/t20-,26-. The smallest absolute Gasteiger partial charge is 0.416 e. The second kappa shape index (κ2) is 11.2. The van der Waals surface area contributed by atoms with Gasteiger partial charge in [-0.05, 0) is 62.1 Å².